The molecule has 0 aromatic carbocycles. The fourth-order valence-electron chi connectivity index (χ4n) is 0.908. The standard InChI is InChI=1S/C9H15N3O2/c1-4-7(13)6-8-10-9(11-14-8)12(3)5-2/h4-6H2,1-3H3. The molecule has 14 heavy (non-hydrogen) atoms. The van der Waals surface area contributed by atoms with Gasteiger partial charge in [0, 0.05) is 20.0 Å². The molecule has 0 saturated heterocycles. The predicted octanol–water partition coefficient (Wildman–Crippen LogP) is 1.05. The van der Waals surface area contributed by atoms with Gasteiger partial charge in [0.05, 0.1) is 6.42 Å². The van der Waals surface area contributed by atoms with Gasteiger partial charge >= 0.3 is 0 Å². The van der Waals surface area contributed by atoms with Crippen molar-refractivity contribution in [2.24, 2.45) is 0 Å². The molecule has 0 unspecified atom stereocenters. The molecule has 0 N–H and O–H groups in total. The van der Waals surface area contributed by atoms with Crippen molar-refractivity contribution in [3.05, 3.63) is 5.89 Å². The van der Waals surface area contributed by atoms with Crippen molar-refractivity contribution in [1.29, 1.82) is 0 Å². The summed E-state index contributed by atoms with van der Waals surface area (Å²) in [7, 11) is 1.87. The van der Waals surface area contributed by atoms with E-state index in [1.807, 2.05) is 25.8 Å². The summed E-state index contributed by atoms with van der Waals surface area (Å²) in [6, 6.07) is 0. The fraction of sp³-hybridized carbons (Fsp3) is 0.667. The normalized spacial score (nSPS) is 10.2. The van der Waals surface area contributed by atoms with Gasteiger partial charge in [-0.05, 0) is 12.1 Å². The molecule has 0 aliphatic heterocycles. The van der Waals surface area contributed by atoms with Crippen LogP contribution in [0.5, 0.6) is 0 Å². The number of hydrogen-bond acceptors (Lipinski definition) is 5. The SMILES string of the molecule is CCC(=O)Cc1nc(N(C)CC)no1. The van der Waals surface area contributed by atoms with Crippen molar-refractivity contribution in [2.45, 2.75) is 26.7 Å². The Kier molecular flexibility index (Phi) is 3.62. The van der Waals surface area contributed by atoms with E-state index in [4.69, 9.17) is 4.52 Å². The summed E-state index contributed by atoms with van der Waals surface area (Å²) < 4.78 is 4.94. The van der Waals surface area contributed by atoms with Gasteiger partial charge in [-0.15, -0.1) is 0 Å². The quantitative estimate of drug-likeness (QED) is 0.706. The van der Waals surface area contributed by atoms with E-state index in [0.717, 1.165) is 6.54 Å². The van der Waals surface area contributed by atoms with Crippen molar-refractivity contribution in [3.63, 3.8) is 0 Å². The Morgan fingerprint density at radius 3 is 2.79 bits per heavy atom. The molecule has 1 heterocycles. The largest absolute Gasteiger partial charge is 0.342 e. The number of carbonyl (C=O) groups is 1. The number of carbonyl (C=O) groups excluding carboxylic acids is 1. The second-order valence-corrected chi connectivity index (χ2v) is 3.07. The first-order valence-electron chi connectivity index (χ1n) is 4.72. The number of nitrogens with zero attached hydrogens (tertiary/aromatic N) is 3. The lowest BCUT2D eigenvalue weighted by Crippen LogP contribution is -2.17. The molecular formula is C9H15N3O2. The van der Waals surface area contributed by atoms with Gasteiger partial charge in [0.25, 0.3) is 5.95 Å². The molecule has 0 aliphatic rings. The van der Waals surface area contributed by atoms with Gasteiger partial charge in [-0.2, -0.15) is 4.98 Å². The molecule has 0 aliphatic carbocycles. The van der Waals surface area contributed by atoms with Gasteiger partial charge in [-0.25, -0.2) is 0 Å². The van der Waals surface area contributed by atoms with Gasteiger partial charge in [0.1, 0.15) is 5.78 Å². The highest BCUT2D eigenvalue weighted by atomic mass is 16.5. The van der Waals surface area contributed by atoms with Crippen LogP contribution in [0.15, 0.2) is 4.52 Å². The van der Waals surface area contributed by atoms with Gasteiger partial charge in [0.2, 0.25) is 5.89 Å². The molecule has 0 saturated carbocycles. The molecule has 0 spiro atoms. The van der Waals surface area contributed by atoms with Crippen LogP contribution in [0, 0.1) is 0 Å². The van der Waals surface area contributed by atoms with E-state index in [-0.39, 0.29) is 12.2 Å². The predicted molar refractivity (Wildman–Crippen MR) is 52.2 cm³/mol. The van der Waals surface area contributed by atoms with Crippen LogP contribution in [0.3, 0.4) is 0 Å². The third-order valence-electron chi connectivity index (χ3n) is 2.02. The Morgan fingerprint density at radius 1 is 1.50 bits per heavy atom. The fourth-order valence-corrected chi connectivity index (χ4v) is 0.908. The summed E-state index contributed by atoms with van der Waals surface area (Å²) in [5.74, 6) is 1.04. The number of rotatable bonds is 5. The molecule has 78 valence electrons. The number of anilines is 1. The highest BCUT2D eigenvalue weighted by Crippen LogP contribution is 2.07. The van der Waals surface area contributed by atoms with Crippen LogP contribution in [-0.2, 0) is 11.2 Å². The number of Topliss-reactive ketones (excluding diaryl/α,β-unsaturated/α-hetero) is 1. The molecule has 0 radical (unpaired) electrons. The third kappa shape index (κ3) is 2.55. The number of ketones is 1. The first kappa shape index (κ1) is 10.7. The molecule has 0 atom stereocenters. The van der Waals surface area contributed by atoms with Crippen molar-refractivity contribution in [3.8, 4) is 0 Å². The maximum absolute atomic E-state index is 11.1. The van der Waals surface area contributed by atoms with Crippen LogP contribution in [0.25, 0.3) is 0 Å². The molecule has 1 rings (SSSR count). The van der Waals surface area contributed by atoms with Gasteiger partial charge < -0.3 is 9.42 Å². The maximum Gasteiger partial charge on any atom is 0.265 e. The van der Waals surface area contributed by atoms with Crippen LogP contribution in [0.1, 0.15) is 26.2 Å². The van der Waals surface area contributed by atoms with Gasteiger partial charge in [-0.3, -0.25) is 4.79 Å². The van der Waals surface area contributed by atoms with Crippen LogP contribution < -0.4 is 4.90 Å². The topological polar surface area (TPSA) is 59.2 Å². The summed E-state index contributed by atoms with van der Waals surface area (Å²) in [6.07, 6.45) is 0.738. The highest BCUT2D eigenvalue weighted by Gasteiger charge is 2.11. The van der Waals surface area contributed by atoms with E-state index in [0.29, 0.717) is 18.3 Å². The molecule has 5 heteroatoms. The Morgan fingerprint density at radius 2 is 2.21 bits per heavy atom. The average molecular weight is 197 g/mol. The Balaban J connectivity index is 2.63. The average Bonchev–Trinajstić information content (AvgIpc) is 2.65. The van der Waals surface area contributed by atoms with E-state index >= 15 is 0 Å². The highest BCUT2D eigenvalue weighted by molar-refractivity contribution is 5.79. The molecule has 1 aromatic rings. The van der Waals surface area contributed by atoms with Gasteiger partial charge in [-0.1, -0.05) is 6.92 Å². The van der Waals surface area contributed by atoms with E-state index in [9.17, 15) is 4.79 Å². The Bertz CT molecular complexity index is 309. The first-order chi connectivity index (χ1) is 6.67. The smallest absolute Gasteiger partial charge is 0.265 e. The van der Waals surface area contributed by atoms with Crippen molar-refractivity contribution < 1.29 is 9.32 Å². The summed E-state index contributed by atoms with van der Waals surface area (Å²) in [6.45, 7) is 4.62. The second-order valence-electron chi connectivity index (χ2n) is 3.07. The molecule has 1 aromatic heterocycles. The monoisotopic (exact) mass is 197 g/mol. The lowest BCUT2D eigenvalue weighted by atomic mass is 10.2. The minimum Gasteiger partial charge on any atom is -0.342 e. The van der Waals surface area contributed by atoms with Gasteiger partial charge in [0.15, 0.2) is 0 Å². The summed E-state index contributed by atoms with van der Waals surface area (Å²) >= 11 is 0. The Labute approximate surface area is 83.1 Å². The number of aromatic nitrogens is 2. The maximum atomic E-state index is 11.1. The van der Waals surface area contributed by atoms with Crippen LogP contribution in [0.2, 0.25) is 0 Å². The lowest BCUT2D eigenvalue weighted by molar-refractivity contribution is -0.118. The van der Waals surface area contributed by atoms with Crippen molar-refractivity contribution in [1.82, 2.24) is 10.1 Å². The van der Waals surface area contributed by atoms with Crippen LogP contribution in [0.4, 0.5) is 5.95 Å². The van der Waals surface area contributed by atoms with E-state index in [1.165, 1.54) is 0 Å². The third-order valence-corrected chi connectivity index (χ3v) is 2.02. The van der Waals surface area contributed by atoms with E-state index in [2.05, 4.69) is 10.1 Å². The van der Waals surface area contributed by atoms with Crippen LogP contribution >= 0.6 is 0 Å². The minimum absolute atomic E-state index is 0.111. The molecule has 0 fully saturated rings. The zero-order chi connectivity index (χ0) is 10.6. The second kappa shape index (κ2) is 4.74. The molecule has 0 amide bonds. The number of hydrogen-bond donors (Lipinski definition) is 0. The van der Waals surface area contributed by atoms with Crippen molar-refractivity contribution >= 4 is 11.7 Å². The first-order valence-corrected chi connectivity index (χ1v) is 4.72. The summed E-state index contributed by atoms with van der Waals surface area (Å²) in [5, 5.41) is 3.76. The zero-order valence-corrected chi connectivity index (χ0v) is 8.78. The van der Waals surface area contributed by atoms with E-state index in [1.54, 1.807) is 0 Å². The summed E-state index contributed by atoms with van der Waals surface area (Å²) in [4.78, 5) is 17.0. The van der Waals surface area contributed by atoms with Crippen molar-refractivity contribution in [2.75, 3.05) is 18.5 Å². The molecular weight excluding hydrogens is 182 g/mol. The summed E-state index contributed by atoms with van der Waals surface area (Å²) in [5.41, 5.74) is 0. The van der Waals surface area contributed by atoms with E-state index < -0.39 is 0 Å². The molecule has 5 nitrogen and oxygen atoms in total. The minimum atomic E-state index is 0.111. The molecule has 0 bridgehead atoms. The zero-order valence-electron chi connectivity index (χ0n) is 8.78. The lowest BCUT2D eigenvalue weighted by Gasteiger charge is -2.08. The Hall–Kier alpha value is -1.39. The van der Waals surface area contributed by atoms with Crippen LogP contribution in [-0.4, -0.2) is 29.5 Å².